The highest BCUT2D eigenvalue weighted by atomic mass is 19.1. The van der Waals surface area contributed by atoms with E-state index in [1.807, 2.05) is 26.8 Å². The van der Waals surface area contributed by atoms with Gasteiger partial charge in [0.1, 0.15) is 5.60 Å². The number of halogens is 1. The molecule has 3 heteroatoms. The van der Waals surface area contributed by atoms with Gasteiger partial charge in [0.05, 0.1) is 12.7 Å². The molecule has 1 heterocycles. The summed E-state index contributed by atoms with van der Waals surface area (Å²) in [4.78, 5) is 0. The van der Waals surface area contributed by atoms with Crippen LogP contribution in [0.4, 0.5) is 4.39 Å². The lowest BCUT2D eigenvalue weighted by Crippen LogP contribution is -2.08. The summed E-state index contributed by atoms with van der Waals surface area (Å²) in [6, 6.07) is 5.01. The largest absolute Gasteiger partial charge is 0.488 e. The van der Waals surface area contributed by atoms with Gasteiger partial charge in [-0.1, -0.05) is 6.07 Å². The van der Waals surface area contributed by atoms with Crippen LogP contribution in [-0.2, 0) is 10.3 Å². The summed E-state index contributed by atoms with van der Waals surface area (Å²) >= 11 is 0. The molecule has 1 aliphatic rings. The lowest BCUT2D eigenvalue weighted by molar-refractivity contribution is 0.230. The van der Waals surface area contributed by atoms with Crippen LogP contribution in [-0.4, -0.2) is 12.7 Å². The van der Waals surface area contributed by atoms with Crippen LogP contribution in [0.2, 0.25) is 0 Å². The smallest absolute Gasteiger partial charge is 0.165 e. The standard InChI is InChI=1S/C12H15FO2/c1-8(2)15-11-5-4-9(6-10(11)13)12(3)7-14-12/h4-6,8H,7H2,1-3H3. The van der Waals surface area contributed by atoms with Gasteiger partial charge in [0.15, 0.2) is 11.6 Å². The molecule has 0 amide bonds. The summed E-state index contributed by atoms with van der Waals surface area (Å²) in [6.07, 6.45) is -0.0156. The lowest BCUT2D eigenvalue weighted by atomic mass is 10.0. The molecule has 1 aliphatic heterocycles. The summed E-state index contributed by atoms with van der Waals surface area (Å²) in [5.74, 6) is -0.0177. The van der Waals surface area contributed by atoms with E-state index < -0.39 is 0 Å². The Hall–Kier alpha value is -1.09. The molecule has 15 heavy (non-hydrogen) atoms. The Labute approximate surface area is 89.0 Å². The minimum atomic E-state index is -0.321. The Kier molecular flexibility index (Phi) is 2.43. The van der Waals surface area contributed by atoms with Crippen molar-refractivity contribution < 1.29 is 13.9 Å². The van der Waals surface area contributed by atoms with Crippen molar-refractivity contribution in [1.29, 1.82) is 0 Å². The van der Waals surface area contributed by atoms with Gasteiger partial charge in [0.2, 0.25) is 0 Å². The molecular formula is C12H15FO2. The Bertz CT molecular complexity index is 370. The molecule has 0 bridgehead atoms. The number of rotatable bonds is 3. The third kappa shape index (κ3) is 2.12. The summed E-state index contributed by atoms with van der Waals surface area (Å²) in [5, 5.41) is 0. The van der Waals surface area contributed by atoms with Crippen molar-refractivity contribution in [2.45, 2.75) is 32.5 Å². The molecule has 0 spiro atoms. The Morgan fingerprint density at radius 2 is 2.13 bits per heavy atom. The van der Waals surface area contributed by atoms with E-state index in [4.69, 9.17) is 9.47 Å². The predicted molar refractivity (Wildman–Crippen MR) is 55.5 cm³/mol. The molecule has 0 radical (unpaired) electrons. The second-order valence-corrected chi connectivity index (χ2v) is 4.33. The van der Waals surface area contributed by atoms with Crippen molar-refractivity contribution in [1.82, 2.24) is 0 Å². The molecule has 0 aliphatic carbocycles. The Balaban J connectivity index is 2.23. The predicted octanol–water partition coefficient (Wildman–Crippen LogP) is 2.86. The average Bonchev–Trinajstić information content (AvgIpc) is 2.88. The molecule has 0 saturated carbocycles. The second-order valence-electron chi connectivity index (χ2n) is 4.33. The summed E-state index contributed by atoms with van der Waals surface area (Å²) in [5.41, 5.74) is 0.591. The normalized spacial score (nSPS) is 24.3. The van der Waals surface area contributed by atoms with Gasteiger partial charge in [0, 0.05) is 0 Å². The van der Waals surface area contributed by atoms with Gasteiger partial charge in [-0.2, -0.15) is 0 Å². The molecule has 0 aromatic heterocycles. The molecule has 82 valence electrons. The van der Waals surface area contributed by atoms with Crippen molar-refractivity contribution in [2.24, 2.45) is 0 Å². The van der Waals surface area contributed by atoms with E-state index in [0.29, 0.717) is 12.4 Å². The number of benzene rings is 1. The maximum Gasteiger partial charge on any atom is 0.165 e. The first-order valence-corrected chi connectivity index (χ1v) is 5.12. The summed E-state index contributed by atoms with van der Waals surface area (Å²) in [7, 11) is 0. The van der Waals surface area contributed by atoms with Crippen LogP contribution in [0.15, 0.2) is 18.2 Å². The first kappa shape index (κ1) is 10.4. The number of hydrogen-bond acceptors (Lipinski definition) is 2. The zero-order valence-electron chi connectivity index (χ0n) is 9.21. The quantitative estimate of drug-likeness (QED) is 0.715. The third-order valence-corrected chi connectivity index (χ3v) is 2.48. The van der Waals surface area contributed by atoms with Gasteiger partial charge < -0.3 is 9.47 Å². The van der Waals surface area contributed by atoms with E-state index in [2.05, 4.69) is 0 Å². The van der Waals surface area contributed by atoms with Gasteiger partial charge in [-0.3, -0.25) is 0 Å². The molecule has 0 N–H and O–H groups in total. The van der Waals surface area contributed by atoms with Crippen LogP contribution >= 0.6 is 0 Å². The molecule has 1 fully saturated rings. The fraction of sp³-hybridized carbons (Fsp3) is 0.500. The SMILES string of the molecule is CC(C)Oc1ccc(C2(C)CO2)cc1F. The monoisotopic (exact) mass is 210 g/mol. The first-order valence-electron chi connectivity index (χ1n) is 5.12. The molecule has 1 atom stereocenters. The molecule has 1 aromatic rings. The van der Waals surface area contributed by atoms with Crippen LogP contribution in [0.5, 0.6) is 5.75 Å². The number of hydrogen-bond donors (Lipinski definition) is 0. The fourth-order valence-corrected chi connectivity index (χ4v) is 1.45. The summed E-state index contributed by atoms with van der Waals surface area (Å²) in [6.45, 7) is 6.36. The van der Waals surface area contributed by atoms with Crippen LogP contribution in [0.3, 0.4) is 0 Å². The third-order valence-electron chi connectivity index (χ3n) is 2.48. The van der Waals surface area contributed by atoms with E-state index in [9.17, 15) is 4.39 Å². The van der Waals surface area contributed by atoms with Crippen LogP contribution in [0.25, 0.3) is 0 Å². The molecule has 2 rings (SSSR count). The van der Waals surface area contributed by atoms with E-state index in [1.54, 1.807) is 6.07 Å². The van der Waals surface area contributed by atoms with Gasteiger partial charge in [-0.05, 0) is 38.5 Å². The van der Waals surface area contributed by atoms with Crippen molar-refractivity contribution in [3.8, 4) is 5.75 Å². The van der Waals surface area contributed by atoms with Crippen LogP contribution in [0, 0.1) is 5.82 Å². The van der Waals surface area contributed by atoms with Crippen molar-refractivity contribution in [3.05, 3.63) is 29.6 Å². The van der Waals surface area contributed by atoms with Crippen LogP contribution in [0.1, 0.15) is 26.3 Å². The zero-order chi connectivity index (χ0) is 11.1. The first-order chi connectivity index (χ1) is 7.01. The minimum Gasteiger partial charge on any atom is -0.488 e. The molecule has 1 unspecified atom stereocenters. The van der Waals surface area contributed by atoms with Gasteiger partial charge in [0.25, 0.3) is 0 Å². The second kappa shape index (κ2) is 3.49. The van der Waals surface area contributed by atoms with E-state index in [-0.39, 0.29) is 17.5 Å². The maximum absolute atomic E-state index is 13.6. The highest BCUT2D eigenvalue weighted by molar-refractivity contribution is 5.34. The topological polar surface area (TPSA) is 21.8 Å². The average molecular weight is 210 g/mol. The zero-order valence-corrected chi connectivity index (χ0v) is 9.21. The van der Waals surface area contributed by atoms with E-state index >= 15 is 0 Å². The highest BCUT2D eigenvalue weighted by Crippen LogP contribution is 2.39. The molecular weight excluding hydrogens is 195 g/mol. The van der Waals surface area contributed by atoms with Crippen molar-refractivity contribution >= 4 is 0 Å². The number of ether oxygens (including phenoxy) is 2. The molecule has 1 aromatic carbocycles. The fourth-order valence-electron chi connectivity index (χ4n) is 1.45. The van der Waals surface area contributed by atoms with E-state index in [1.165, 1.54) is 6.07 Å². The van der Waals surface area contributed by atoms with Crippen molar-refractivity contribution in [2.75, 3.05) is 6.61 Å². The molecule has 2 nitrogen and oxygen atoms in total. The summed E-state index contributed by atoms with van der Waals surface area (Å²) < 4.78 is 24.2. The lowest BCUT2D eigenvalue weighted by Gasteiger charge is -2.12. The Morgan fingerprint density at radius 1 is 1.47 bits per heavy atom. The van der Waals surface area contributed by atoms with E-state index in [0.717, 1.165) is 5.56 Å². The minimum absolute atomic E-state index is 0.0156. The van der Waals surface area contributed by atoms with Gasteiger partial charge in [-0.15, -0.1) is 0 Å². The Morgan fingerprint density at radius 3 is 2.60 bits per heavy atom. The number of epoxide rings is 1. The van der Waals surface area contributed by atoms with Gasteiger partial charge >= 0.3 is 0 Å². The maximum atomic E-state index is 13.6. The molecule has 1 saturated heterocycles. The van der Waals surface area contributed by atoms with Gasteiger partial charge in [-0.25, -0.2) is 4.39 Å². The highest BCUT2D eigenvalue weighted by Gasteiger charge is 2.41. The van der Waals surface area contributed by atoms with Crippen molar-refractivity contribution in [3.63, 3.8) is 0 Å². The van der Waals surface area contributed by atoms with Crippen LogP contribution < -0.4 is 4.74 Å².